The maximum atomic E-state index is 12.9. The summed E-state index contributed by atoms with van der Waals surface area (Å²) in [4.78, 5) is 18.2. The molecule has 1 aromatic heterocycles. The SMILES string of the molecule is CCC(CNc1ccc(Cl)cn1)N(C)C(=O)c1cc(C(F)(F)F)ccc1N. The highest BCUT2D eigenvalue weighted by atomic mass is 35.5. The molecule has 0 spiro atoms. The van der Waals surface area contributed by atoms with E-state index in [9.17, 15) is 18.0 Å². The van der Waals surface area contributed by atoms with Crippen molar-refractivity contribution in [3.8, 4) is 0 Å². The Balaban J connectivity index is 2.15. The second-order valence-corrected chi connectivity index (χ2v) is 6.46. The van der Waals surface area contributed by atoms with E-state index in [1.165, 1.54) is 18.1 Å². The van der Waals surface area contributed by atoms with Gasteiger partial charge >= 0.3 is 6.18 Å². The van der Waals surface area contributed by atoms with E-state index in [1.54, 1.807) is 12.1 Å². The maximum absolute atomic E-state index is 12.9. The van der Waals surface area contributed by atoms with Crippen LogP contribution in [-0.4, -0.2) is 35.4 Å². The smallest absolute Gasteiger partial charge is 0.398 e. The van der Waals surface area contributed by atoms with Gasteiger partial charge < -0.3 is 16.0 Å². The fraction of sp³-hybridized carbons (Fsp3) is 0.333. The van der Waals surface area contributed by atoms with Crippen LogP contribution < -0.4 is 11.1 Å². The van der Waals surface area contributed by atoms with Gasteiger partial charge in [0.25, 0.3) is 5.91 Å². The van der Waals surface area contributed by atoms with Crippen LogP contribution in [0.25, 0.3) is 0 Å². The molecule has 1 aromatic carbocycles. The number of aromatic nitrogens is 1. The first-order valence-electron chi connectivity index (χ1n) is 8.22. The van der Waals surface area contributed by atoms with Crippen molar-refractivity contribution in [1.29, 1.82) is 0 Å². The molecule has 1 heterocycles. The highest BCUT2D eigenvalue weighted by molar-refractivity contribution is 6.30. The van der Waals surface area contributed by atoms with Crippen molar-refractivity contribution in [2.45, 2.75) is 25.6 Å². The average Bonchev–Trinajstić information content (AvgIpc) is 2.62. The minimum absolute atomic E-state index is 0.00188. The maximum Gasteiger partial charge on any atom is 0.416 e. The second kappa shape index (κ2) is 8.47. The number of nitrogens with zero attached hydrogens (tertiary/aromatic N) is 2. The number of likely N-dealkylation sites (N-methyl/N-ethyl adjacent to an activating group) is 1. The second-order valence-electron chi connectivity index (χ2n) is 6.02. The van der Waals surface area contributed by atoms with Crippen molar-refractivity contribution in [3.63, 3.8) is 0 Å². The Morgan fingerprint density at radius 2 is 2.04 bits per heavy atom. The number of carbonyl (C=O) groups excluding carboxylic acids is 1. The molecule has 0 fully saturated rings. The third-order valence-corrected chi connectivity index (χ3v) is 4.42. The number of carbonyl (C=O) groups is 1. The number of benzene rings is 1. The van der Waals surface area contributed by atoms with Gasteiger partial charge in [-0.3, -0.25) is 4.79 Å². The van der Waals surface area contributed by atoms with Crippen molar-refractivity contribution in [3.05, 3.63) is 52.7 Å². The Morgan fingerprint density at radius 3 is 2.59 bits per heavy atom. The van der Waals surface area contributed by atoms with E-state index in [0.717, 1.165) is 18.2 Å². The van der Waals surface area contributed by atoms with Crippen molar-refractivity contribution >= 4 is 29.0 Å². The molecule has 1 atom stereocenters. The largest absolute Gasteiger partial charge is 0.416 e. The van der Waals surface area contributed by atoms with Crippen LogP contribution >= 0.6 is 11.6 Å². The number of amides is 1. The summed E-state index contributed by atoms with van der Waals surface area (Å²) in [6, 6.07) is 5.84. The quantitative estimate of drug-likeness (QED) is 0.709. The molecule has 146 valence electrons. The Bertz CT molecular complexity index is 796. The minimum atomic E-state index is -4.55. The molecule has 5 nitrogen and oxygen atoms in total. The molecule has 0 aliphatic rings. The van der Waals surface area contributed by atoms with Gasteiger partial charge in [0.1, 0.15) is 5.82 Å². The van der Waals surface area contributed by atoms with Crippen molar-refractivity contribution in [2.75, 3.05) is 24.6 Å². The molecule has 3 N–H and O–H groups in total. The first-order valence-corrected chi connectivity index (χ1v) is 8.60. The van der Waals surface area contributed by atoms with E-state index in [2.05, 4.69) is 10.3 Å². The number of alkyl halides is 3. The molecule has 0 aliphatic heterocycles. The van der Waals surface area contributed by atoms with Crippen LogP contribution in [0.5, 0.6) is 0 Å². The number of hydrogen-bond acceptors (Lipinski definition) is 4. The lowest BCUT2D eigenvalue weighted by atomic mass is 10.1. The predicted octanol–water partition coefficient (Wildman–Crippen LogP) is 4.30. The van der Waals surface area contributed by atoms with Crippen molar-refractivity contribution in [2.24, 2.45) is 0 Å². The predicted molar refractivity (Wildman–Crippen MR) is 99.8 cm³/mol. The summed E-state index contributed by atoms with van der Waals surface area (Å²) in [6.07, 6.45) is -2.47. The van der Waals surface area contributed by atoms with Crippen LogP contribution in [0.1, 0.15) is 29.3 Å². The van der Waals surface area contributed by atoms with Crippen LogP contribution in [0.2, 0.25) is 5.02 Å². The van der Waals surface area contributed by atoms with Gasteiger partial charge in [-0.15, -0.1) is 0 Å². The van der Waals surface area contributed by atoms with Crippen LogP contribution in [0.3, 0.4) is 0 Å². The van der Waals surface area contributed by atoms with Crippen molar-refractivity contribution < 1.29 is 18.0 Å². The third-order valence-electron chi connectivity index (χ3n) is 4.20. The van der Waals surface area contributed by atoms with Gasteiger partial charge in [0.15, 0.2) is 0 Å². The lowest BCUT2D eigenvalue weighted by Crippen LogP contribution is -2.41. The van der Waals surface area contributed by atoms with Gasteiger partial charge in [-0.05, 0) is 36.8 Å². The van der Waals surface area contributed by atoms with E-state index in [1.807, 2.05) is 6.92 Å². The molecule has 2 rings (SSSR count). The number of hydrogen-bond donors (Lipinski definition) is 2. The summed E-state index contributed by atoms with van der Waals surface area (Å²) in [5.41, 5.74) is 4.66. The molecule has 0 saturated carbocycles. The summed E-state index contributed by atoms with van der Waals surface area (Å²) in [7, 11) is 1.53. The first-order chi connectivity index (χ1) is 12.6. The zero-order chi connectivity index (χ0) is 20.2. The fourth-order valence-electron chi connectivity index (χ4n) is 2.53. The number of halogens is 4. The molecule has 0 aliphatic carbocycles. The summed E-state index contributed by atoms with van der Waals surface area (Å²) < 4.78 is 38.8. The van der Waals surface area contributed by atoms with Gasteiger partial charge in [0.05, 0.1) is 16.1 Å². The number of nitrogens with one attached hydrogen (secondary N) is 1. The van der Waals surface area contributed by atoms with Crippen LogP contribution in [0.15, 0.2) is 36.5 Å². The monoisotopic (exact) mass is 400 g/mol. The number of rotatable bonds is 6. The molecular formula is C18H20ClF3N4O. The molecule has 27 heavy (non-hydrogen) atoms. The van der Waals surface area contributed by atoms with Crippen LogP contribution in [-0.2, 0) is 6.18 Å². The van der Waals surface area contributed by atoms with E-state index < -0.39 is 17.6 Å². The molecular weight excluding hydrogens is 381 g/mol. The molecule has 0 radical (unpaired) electrons. The number of nitrogens with two attached hydrogens (primary N) is 1. The summed E-state index contributed by atoms with van der Waals surface area (Å²) in [6.45, 7) is 2.24. The van der Waals surface area contributed by atoms with Gasteiger partial charge in [-0.25, -0.2) is 4.98 Å². The summed E-state index contributed by atoms with van der Waals surface area (Å²) in [5.74, 6) is 0.00796. The lowest BCUT2D eigenvalue weighted by Gasteiger charge is -2.28. The van der Waals surface area contributed by atoms with E-state index >= 15 is 0 Å². The highest BCUT2D eigenvalue weighted by Gasteiger charge is 2.32. The Hall–Kier alpha value is -2.48. The number of nitrogen functional groups attached to an aromatic ring is 1. The molecule has 9 heteroatoms. The zero-order valence-corrected chi connectivity index (χ0v) is 15.6. The molecule has 2 aromatic rings. The Morgan fingerprint density at radius 1 is 1.33 bits per heavy atom. The Labute approximate surface area is 160 Å². The van der Waals surface area contributed by atoms with Gasteiger partial charge in [-0.1, -0.05) is 18.5 Å². The zero-order valence-electron chi connectivity index (χ0n) is 14.8. The summed E-state index contributed by atoms with van der Waals surface area (Å²) >= 11 is 5.79. The first kappa shape index (κ1) is 20.8. The molecule has 1 unspecified atom stereocenters. The standard InChI is InChI=1S/C18H20ClF3N4O/c1-3-13(10-25-16-7-5-12(19)9-24-16)26(2)17(27)14-8-11(18(20,21)22)4-6-15(14)23/h4-9,13H,3,10,23H2,1-2H3,(H,24,25). The minimum Gasteiger partial charge on any atom is -0.398 e. The average molecular weight is 401 g/mol. The van der Waals surface area contributed by atoms with Gasteiger partial charge in [0, 0.05) is 31.5 Å². The molecule has 0 bridgehead atoms. The lowest BCUT2D eigenvalue weighted by molar-refractivity contribution is -0.137. The molecule has 0 saturated heterocycles. The van der Waals surface area contributed by atoms with Crippen LogP contribution in [0, 0.1) is 0 Å². The summed E-state index contributed by atoms with van der Waals surface area (Å²) in [5, 5.41) is 3.59. The highest BCUT2D eigenvalue weighted by Crippen LogP contribution is 2.31. The number of pyridine rings is 1. The topological polar surface area (TPSA) is 71.2 Å². The normalized spacial score (nSPS) is 12.5. The van der Waals surface area contributed by atoms with E-state index in [-0.39, 0.29) is 17.3 Å². The Kier molecular flexibility index (Phi) is 6.54. The van der Waals surface area contributed by atoms with E-state index in [4.69, 9.17) is 17.3 Å². The molecule has 1 amide bonds. The van der Waals surface area contributed by atoms with E-state index in [0.29, 0.717) is 23.8 Å². The van der Waals surface area contributed by atoms with Gasteiger partial charge in [0.2, 0.25) is 0 Å². The van der Waals surface area contributed by atoms with Crippen LogP contribution in [0.4, 0.5) is 24.7 Å². The number of anilines is 2. The van der Waals surface area contributed by atoms with Crippen molar-refractivity contribution in [1.82, 2.24) is 9.88 Å². The fourth-order valence-corrected chi connectivity index (χ4v) is 2.64. The van der Waals surface area contributed by atoms with Gasteiger partial charge in [-0.2, -0.15) is 13.2 Å². The third kappa shape index (κ3) is 5.26.